The van der Waals surface area contributed by atoms with Gasteiger partial charge in [0.2, 0.25) is 0 Å². The number of carbonyl (C=O) groups excluding carboxylic acids is 1. The van der Waals surface area contributed by atoms with E-state index in [0.29, 0.717) is 23.7 Å². The molecule has 2 aliphatic rings. The zero-order chi connectivity index (χ0) is 28.9. The number of ether oxygens (including phenoxy) is 2. The van der Waals surface area contributed by atoms with Crippen LogP contribution >= 0.6 is 0 Å². The van der Waals surface area contributed by atoms with Crippen LogP contribution in [0, 0.1) is 13.8 Å². The van der Waals surface area contributed by atoms with E-state index in [1.54, 1.807) is 25.4 Å². The lowest BCUT2D eigenvalue weighted by atomic mass is 9.91. The predicted octanol–water partition coefficient (Wildman–Crippen LogP) is 4.92. The quantitative estimate of drug-likeness (QED) is 0.290. The minimum atomic E-state index is -3.79. The van der Waals surface area contributed by atoms with Gasteiger partial charge in [0.25, 0.3) is 10.0 Å². The van der Waals surface area contributed by atoms with Crippen molar-refractivity contribution in [3.8, 4) is 5.75 Å². The van der Waals surface area contributed by atoms with Gasteiger partial charge in [0.15, 0.2) is 0 Å². The molecular formula is C32H35N3O5S. The molecule has 4 aromatic rings. The maximum atomic E-state index is 13.7. The molecule has 3 heterocycles. The number of methoxy groups -OCH3 is 2. The van der Waals surface area contributed by atoms with Crippen molar-refractivity contribution < 1.29 is 22.7 Å². The normalized spacial score (nSPS) is 19.5. The molecular weight excluding hydrogens is 538 g/mol. The van der Waals surface area contributed by atoms with Crippen molar-refractivity contribution in [2.75, 3.05) is 33.9 Å². The molecule has 2 saturated heterocycles. The molecule has 6 rings (SSSR count). The topological polar surface area (TPSA) is 81.1 Å². The maximum absolute atomic E-state index is 13.7. The molecule has 0 spiro atoms. The lowest BCUT2D eigenvalue weighted by Gasteiger charge is -2.52. The number of aromatic nitrogens is 1. The Morgan fingerprint density at radius 1 is 0.976 bits per heavy atom. The molecule has 1 unspecified atom stereocenters. The minimum absolute atomic E-state index is 0.109. The van der Waals surface area contributed by atoms with Gasteiger partial charge in [-0.15, -0.1) is 0 Å². The zero-order valence-electron chi connectivity index (χ0n) is 23.8. The molecule has 3 aromatic carbocycles. The van der Waals surface area contributed by atoms with Crippen LogP contribution in [0.3, 0.4) is 0 Å². The zero-order valence-corrected chi connectivity index (χ0v) is 24.6. The first-order valence-corrected chi connectivity index (χ1v) is 15.3. The van der Waals surface area contributed by atoms with E-state index in [4.69, 9.17) is 9.47 Å². The van der Waals surface area contributed by atoms with Crippen molar-refractivity contribution in [1.82, 2.24) is 13.8 Å². The van der Waals surface area contributed by atoms with Crippen LogP contribution in [-0.4, -0.2) is 68.1 Å². The SMILES string of the molecule is COC(=O)c1ccc(C2CN3CC[C@@H]3CN2Cc2c(OC)cc(C)c3c2ccn3S(=O)(=O)c2ccc(C)cc2)cc1. The van der Waals surface area contributed by atoms with E-state index >= 15 is 0 Å². The average molecular weight is 574 g/mol. The van der Waals surface area contributed by atoms with E-state index in [1.807, 2.05) is 62.4 Å². The lowest BCUT2D eigenvalue weighted by Crippen LogP contribution is -2.60. The molecule has 2 fully saturated rings. The highest BCUT2D eigenvalue weighted by molar-refractivity contribution is 7.90. The highest BCUT2D eigenvalue weighted by Gasteiger charge is 2.40. The van der Waals surface area contributed by atoms with Crippen LogP contribution in [0.1, 0.15) is 45.1 Å². The predicted molar refractivity (Wildman–Crippen MR) is 158 cm³/mol. The van der Waals surface area contributed by atoms with Crippen LogP contribution in [0.25, 0.3) is 10.9 Å². The first kappa shape index (κ1) is 27.5. The first-order valence-electron chi connectivity index (χ1n) is 13.9. The van der Waals surface area contributed by atoms with Crippen molar-refractivity contribution in [2.24, 2.45) is 0 Å². The molecule has 0 N–H and O–H groups in total. The minimum Gasteiger partial charge on any atom is -0.496 e. The Balaban J connectivity index is 1.41. The van der Waals surface area contributed by atoms with Crippen LogP contribution in [0.4, 0.5) is 0 Å². The van der Waals surface area contributed by atoms with E-state index in [2.05, 4.69) is 9.80 Å². The maximum Gasteiger partial charge on any atom is 0.337 e. The summed E-state index contributed by atoms with van der Waals surface area (Å²) in [6.45, 7) is 7.34. The first-order chi connectivity index (χ1) is 19.7. The van der Waals surface area contributed by atoms with E-state index in [9.17, 15) is 13.2 Å². The molecule has 0 radical (unpaired) electrons. The van der Waals surface area contributed by atoms with Crippen LogP contribution in [0.2, 0.25) is 0 Å². The second-order valence-corrected chi connectivity index (χ2v) is 12.9. The number of benzene rings is 3. The van der Waals surface area contributed by atoms with Crippen LogP contribution in [0.15, 0.2) is 71.8 Å². The molecule has 0 amide bonds. The Bertz CT molecular complexity index is 1710. The fraction of sp³-hybridized carbons (Fsp3) is 0.344. The molecule has 41 heavy (non-hydrogen) atoms. The highest BCUT2D eigenvalue weighted by atomic mass is 32.2. The molecule has 8 nitrogen and oxygen atoms in total. The summed E-state index contributed by atoms with van der Waals surface area (Å²) in [5.74, 6) is 0.396. The Kier molecular flexibility index (Phi) is 7.13. The van der Waals surface area contributed by atoms with Crippen molar-refractivity contribution >= 4 is 26.9 Å². The second kappa shape index (κ2) is 10.6. The van der Waals surface area contributed by atoms with Gasteiger partial charge in [0.1, 0.15) is 5.75 Å². The molecule has 0 aliphatic carbocycles. The van der Waals surface area contributed by atoms with Gasteiger partial charge in [-0.25, -0.2) is 17.2 Å². The largest absolute Gasteiger partial charge is 0.496 e. The number of fused-ring (bicyclic) bond motifs is 2. The summed E-state index contributed by atoms with van der Waals surface area (Å²) in [5.41, 5.74) is 5.13. The Morgan fingerprint density at radius 3 is 2.34 bits per heavy atom. The lowest BCUT2D eigenvalue weighted by molar-refractivity contribution is -0.0331. The van der Waals surface area contributed by atoms with Gasteiger partial charge in [-0.3, -0.25) is 9.80 Å². The van der Waals surface area contributed by atoms with Gasteiger partial charge < -0.3 is 9.47 Å². The van der Waals surface area contributed by atoms with Gasteiger partial charge in [-0.05, 0) is 67.8 Å². The van der Waals surface area contributed by atoms with E-state index in [1.165, 1.54) is 11.1 Å². The summed E-state index contributed by atoms with van der Waals surface area (Å²) in [7, 11) is -0.736. The molecule has 0 saturated carbocycles. The molecule has 214 valence electrons. The molecule has 9 heteroatoms. The summed E-state index contributed by atoms with van der Waals surface area (Å²) in [6, 6.07) is 19.1. The molecule has 2 atom stereocenters. The summed E-state index contributed by atoms with van der Waals surface area (Å²) < 4.78 is 39.6. The summed E-state index contributed by atoms with van der Waals surface area (Å²) in [6.07, 6.45) is 2.82. The number of aryl methyl sites for hydroxylation is 2. The Labute approximate surface area is 241 Å². The summed E-state index contributed by atoms with van der Waals surface area (Å²) in [4.78, 5) is 17.2. The molecule has 2 aliphatic heterocycles. The number of rotatable bonds is 7. The van der Waals surface area contributed by atoms with Crippen molar-refractivity contribution in [3.63, 3.8) is 0 Å². The number of carbonyl (C=O) groups is 1. The van der Waals surface area contributed by atoms with Crippen molar-refractivity contribution in [2.45, 2.75) is 43.8 Å². The number of nitrogens with zero attached hydrogens (tertiary/aromatic N) is 3. The smallest absolute Gasteiger partial charge is 0.337 e. The van der Waals surface area contributed by atoms with Gasteiger partial charge in [-0.2, -0.15) is 0 Å². The van der Waals surface area contributed by atoms with Gasteiger partial charge in [0.05, 0.1) is 30.2 Å². The number of esters is 1. The highest BCUT2D eigenvalue weighted by Crippen LogP contribution is 2.39. The standard InChI is InChI=1S/C32H35N3O5S/c1-21-5-11-26(12-6-21)41(37,38)35-16-14-27-28(30(39-3)17-22(2)31(27)35)19-34-18-25-13-15-33(25)20-29(34)23-7-9-24(10-8-23)32(36)40-4/h5-12,14,16-17,25,29H,13,15,18-20H2,1-4H3/t25-,29?/m1/s1. The van der Waals surface area contributed by atoms with E-state index in [0.717, 1.165) is 59.4 Å². The third kappa shape index (κ3) is 4.81. The third-order valence-corrected chi connectivity index (χ3v) is 10.3. The van der Waals surface area contributed by atoms with Gasteiger partial charge in [0, 0.05) is 55.4 Å². The van der Waals surface area contributed by atoms with Gasteiger partial charge in [-0.1, -0.05) is 29.8 Å². The summed E-state index contributed by atoms with van der Waals surface area (Å²) in [5, 5.41) is 0.869. The summed E-state index contributed by atoms with van der Waals surface area (Å²) >= 11 is 0. The van der Waals surface area contributed by atoms with Crippen LogP contribution in [0.5, 0.6) is 5.75 Å². The average Bonchev–Trinajstić information content (AvgIpc) is 3.43. The van der Waals surface area contributed by atoms with E-state index in [-0.39, 0.29) is 16.9 Å². The van der Waals surface area contributed by atoms with E-state index < -0.39 is 10.0 Å². The fourth-order valence-corrected chi connectivity index (χ4v) is 7.64. The fourth-order valence-electron chi connectivity index (χ4n) is 6.23. The second-order valence-electron chi connectivity index (χ2n) is 11.1. The number of piperazine rings is 1. The molecule has 0 bridgehead atoms. The molecule has 1 aromatic heterocycles. The Morgan fingerprint density at radius 2 is 1.71 bits per heavy atom. The number of hydrogen-bond acceptors (Lipinski definition) is 7. The number of hydrogen-bond donors (Lipinski definition) is 0. The van der Waals surface area contributed by atoms with Crippen molar-refractivity contribution in [1.29, 1.82) is 0 Å². The Hall–Kier alpha value is -3.66. The monoisotopic (exact) mass is 573 g/mol. The van der Waals surface area contributed by atoms with Crippen LogP contribution < -0.4 is 4.74 Å². The van der Waals surface area contributed by atoms with Gasteiger partial charge >= 0.3 is 5.97 Å². The van der Waals surface area contributed by atoms with Crippen LogP contribution in [-0.2, 0) is 21.3 Å². The van der Waals surface area contributed by atoms with Crippen molar-refractivity contribution in [3.05, 3.63) is 94.7 Å². The third-order valence-electron chi connectivity index (χ3n) is 8.63.